The number of aliphatic hydroxyl groups excluding tert-OH is 1. The second-order valence-corrected chi connectivity index (χ2v) is 3.94. The fourth-order valence-corrected chi connectivity index (χ4v) is 1.60. The van der Waals surface area contributed by atoms with E-state index in [-0.39, 0.29) is 30.3 Å². The number of likely N-dealkylation sites (tertiary alicyclic amines) is 1. The average molecular weight is 261 g/mol. The third kappa shape index (κ3) is 2.92. The Balaban J connectivity index is 2.01. The number of benzene rings is 1. The van der Waals surface area contributed by atoms with E-state index in [1.165, 1.54) is 17.0 Å². The lowest BCUT2D eigenvalue weighted by molar-refractivity contribution is -0.274. The normalized spacial score (nSPS) is 16.3. The maximum Gasteiger partial charge on any atom is 0.573 e. The molecule has 1 N–H and O–H groups in total. The molecule has 0 atom stereocenters. The fourth-order valence-electron chi connectivity index (χ4n) is 1.60. The number of alkyl halides is 3. The van der Waals surface area contributed by atoms with Crippen LogP contribution in [0.1, 0.15) is 10.4 Å². The average Bonchev–Trinajstić information content (AvgIpc) is 2.23. The number of halogens is 3. The van der Waals surface area contributed by atoms with Gasteiger partial charge in [-0.2, -0.15) is 0 Å². The molecule has 1 aliphatic rings. The van der Waals surface area contributed by atoms with E-state index in [2.05, 4.69) is 4.74 Å². The summed E-state index contributed by atoms with van der Waals surface area (Å²) in [4.78, 5) is 13.1. The van der Waals surface area contributed by atoms with Crippen molar-refractivity contribution in [1.29, 1.82) is 0 Å². The number of rotatable bonds is 2. The molecular weight excluding hydrogens is 251 g/mol. The van der Waals surface area contributed by atoms with Crippen LogP contribution in [0.2, 0.25) is 0 Å². The van der Waals surface area contributed by atoms with Crippen LogP contribution >= 0.6 is 0 Å². The second-order valence-electron chi connectivity index (χ2n) is 3.94. The number of hydrogen-bond donors (Lipinski definition) is 1. The van der Waals surface area contributed by atoms with Crippen molar-refractivity contribution < 1.29 is 27.8 Å². The van der Waals surface area contributed by atoms with Crippen LogP contribution in [0.25, 0.3) is 0 Å². The molecule has 2 rings (SSSR count). The maximum atomic E-state index is 11.9. The van der Waals surface area contributed by atoms with Crippen molar-refractivity contribution in [2.75, 3.05) is 13.1 Å². The first-order valence-corrected chi connectivity index (χ1v) is 5.18. The zero-order chi connectivity index (χ0) is 13.3. The van der Waals surface area contributed by atoms with Gasteiger partial charge in [-0.15, -0.1) is 13.2 Å². The molecule has 4 nitrogen and oxygen atoms in total. The zero-order valence-electron chi connectivity index (χ0n) is 9.15. The Hall–Kier alpha value is -1.76. The molecule has 0 bridgehead atoms. The van der Waals surface area contributed by atoms with Gasteiger partial charge in [0.25, 0.3) is 5.91 Å². The van der Waals surface area contributed by atoms with Gasteiger partial charge in [-0.3, -0.25) is 4.79 Å². The standard InChI is InChI=1S/C11H10F3NO3/c12-11(13,14)18-9-3-1-7(2-4-9)10(17)15-5-8(16)6-15/h1-4,8,16H,5-6H2. The number of amides is 1. The molecule has 98 valence electrons. The predicted molar refractivity (Wildman–Crippen MR) is 55.0 cm³/mol. The number of ether oxygens (including phenoxy) is 1. The van der Waals surface area contributed by atoms with E-state index in [4.69, 9.17) is 5.11 Å². The van der Waals surface area contributed by atoms with E-state index in [1.54, 1.807) is 0 Å². The summed E-state index contributed by atoms with van der Waals surface area (Å²) < 4.78 is 39.4. The van der Waals surface area contributed by atoms with Crippen LogP contribution in [0.3, 0.4) is 0 Å². The maximum absolute atomic E-state index is 11.9. The second kappa shape index (κ2) is 4.49. The van der Waals surface area contributed by atoms with Gasteiger partial charge in [0, 0.05) is 18.7 Å². The lowest BCUT2D eigenvalue weighted by Gasteiger charge is -2.35. The molecule has 1 aromatic rings. The largest absolute Gasteiger partial charge is 0.573 e. The third-order valence-electron chi connectivity index (χ3n) is 2.48. The van der Waals surface area contributed by atoms with E-state index in [1.807, 2.05) is 0 Å². The highest BCUT2D eigenvalue weighted by Crippen LogP contribution is 2.23. The van der Waals surface area contributed by atoms with E-state index in [0.29, 0.717) is 0 Å². The van der Waals surface area contributed by atoms with Crippen molar-refractivity contribution in [1.82, 2.24) is 4.90 Å². The Morgan fingerprint density at radius 2 is 1.83 bits per heavy atom. The first kappa shape index (κ1) is 12.7. The van der Waals surface area contributed by atoms with Gasteiger partial charge < -0.3 is 14.7 Å². The summed E-state index contributed by atoms with van der Waals surface area (Å²) in [6.45, 7) is 0.499. The van der Waals surface area contributed by atoms with Gasteiger partial charge in [0.1, 0.15) is 5.75 Å². The Bertz CT molecular complexity index is 438. The van der Waals surface area contributed by atoms with Gasteiger partial charge in [0.15, 0.2) is 0 Å². The van der Waals surface area contributed by atoms with Crippen molar-refractivity contribution in [3.05, 3.63) is 29.8 Å². The Morgan fingerprint density at radius 1 is 1.28 bits per heavy atom. The van der Waals surface area contributed by atoms with Crippen LogP contribution in [-0.4, -0.2) is 41.5 Å². The molecule has 7 heteroatoms. The number of carbonyl (C=O) groups is 1. The number of hydrogen-bond acceptors (Lipinski definition) is 3. The summed E-state index contributed by atoms with van der Waals surface area (Å²) in [7, 11) is 0. The number of carbonyl (C=O) groups excluding carboxylic acids is 1. The van der Waals surface area contributed by atoms with Gasteiger partial charge in [0.2, 0.25) is 0 Å². The lowest BCUT2D eigenvalue weighted by Crippen LogP contribution is -2.53. The molecule has 1 fully saturated rings. The van der Waals surface area contributed by atoms with Crippen LogP contribution in [-0.2, 0) is 0 Å². The van der Waals surface area contributed by atoms with Crippen LogP contribution in [0.15, 0.2) is 24.3 Å². The molecule has 0 saturated carbocycles. The van der Waals surface area contributed by atoms with Gasteiger partial charge in [-0.05, 0) is 24.3 Å². The monoisotopic (exact) mass is 261 g/mol. The van der Waals surface area contributed by atoms with Gasteiger partial charge in [0.05, 0.1) is 6.10 Å². The molecule has 0 spiro atoms. The molecule has 1 saturated heterocycles. The highest BCUT2D eigenvalue weighted by molar-refractivity contribution is 5.94. The van der Waals surface area contributed by atoms with Crippen molar-refractivity contribution >= 4 is 5.91 Å². The molecule has 0 aliphatic carbocycles. The van der Waals surface area contributed by atoms with Crippen molar-refractivity contribution in [3.8, 4) is 5.75 Å². The first-order chi connectivity index (χ1) is 8.35. The molecule has 0 unspecified atom stereocenters. The number of nitrogens with zero attached hydrogens (tertiary/aromatic N) is 1. The molecule has 1 aromatic carbocycles. The highest BCUT2D eigenvalue weighted by atomic mass is 19.4. The minimum atomic E-state index is -4.74. The zero-order valence-corrected chi connectivity index (χ0v) is 9.15. The van der Waals surface area contributed by atoms with Gasteiger partial charge in [-0.1, -0.05) is 0 Å². The molecule has 1 heterocycles. The summed E-state index contributed by atoms with van der Waals surface area (Å²) in [5.74, 6) is -0.693. The number of aliphatic hydroxyl groups is 1. The van der Waals surface area contributed by atoms with E-state index >= 15 is 0 Å². The van der Waals surface area contributed by atoms with E-state index in [0.717, 1.165) is 12.1 Å². The molecule has 0 aromatic heterocycles. The Kier molecular flexibility index (Phi) is 3.16. The lowest BCUT2D eigenvalue weighted by atomic mass is 10.1. The first-order valence-electron chi connectivity index (χ1n) is 5.18. The van der Waals surface area contributed by atoms with Crippen LogP contribution in [0, 0.1) is 0 Å². The fraction of sp³-hybridized carbons (Fsp3) is 0.364. The molecular formula is C11H10F3NO3. The molecule has 0 radical (unpaired) electrons. The van der Waals surface area contributed by atoms with Gasteiger partial charge >= 0.3 is 6.36 Å². The summed E-state index contributed by atoms with van der Waals surface area (Å²) >= 11 is 0. The SMILES string of the molecule is O=C(c1ccc(OC(F)(F)F)cc1)N1CC(O)C1. The highest BCUT2D eigenvalue weighted by Gasteiger charge is 2.32. The minimum Gasteiger partial charge on any atom is -0.406 e. The number of β-amino-alcohol motifs (C(OH)–C–C–N with tert-alkyl or cyclic N) is 1. The minimum absolute atomic E-state index is 0.250. The third-order valence-corrected chi connectivity index (χ3v) is 2.48. The van der Waals surface area contributed by atoms with Crippen molar-refractivity contribution in [3.63, 3.8) is 0 Å². The Morgan fingerprint density at radius 3 is 2.28 bits per heavy atom. The summed E-state index contributed by atoms with van der Waals surface area (Å²) in [6.07, 6.45) is -5.26. The quantitative estimate of drug-likeness (QED) is 0.875. The van der Waals surface area contributed by atoms with E-state index < -0.39 is 12.5 Å². The van der Waals surface area contributed by atoms with E-state index in [9.17, 15) is 18.0 Å². The predicted octanol–water partition coefficient (Wildman–Crippen LogP) is 1.40. The summed E-state index contributed by atoms with van der Waals surface area (Å²) in [6, 6.07) is 4.68. The summed E-state index contributed by atoms with van der Waals surface area (Å²) in [5.41, 5.74) is 0.261. The summed E-state index contributed by atoms with van der Waals surface area (Å²) in [5, 5.41) is 9.05. The van der Waals surface area contributed by atoms with Crippen molar-refractivity contribution in [2.24, 2.45) is 0 Å². The van der Waals surface area contributed by atoms with Crippen LogP contribution in [0.5, 0.6) is 5.75 Å². The van der Waals surface area contributed by atoms with Crippen LogP contribution in [0.4, 0.5) is 13.2 Å². The molecule has 1 aliphatic heterocycles. The smallest absolute Gasteiger partial charge is 0.406 e. The molecule has 1 amide bonds. The van der Waals surface area contributed by atoms with Crippen molar-refractivity contribution in [2.45, 2.75) is 12.5 Å². The molecule has 18 heavy (non-hydrogen) atoms. The van der Waals surface area contributed by atoms with Gasteiger partial charge in [-0.25, -0.2) is 0 Å². The van der Waals surface area contributed by atoms with Crippen LogP contribution < -0.4 is 4.74 Å². The topological polar surface area (TPSA) is 49.8 Å². The Labute approximate surface area is 101 Å².